The predicted molar refractivity (Wildman–Crippen MR) is 104 cm³/mol. The number of benzene rings is 1. The smallest absolute Gasteiger partial charge is 0.271 e. The predicted octanol–water partition coefficient (Wildman–Crippen LogP) is 3.49. The Morgan fingerprint density at radius 2 is 1.88 bits per heavy atom. The molecule has 0 aliphatic rings. The molecule has 6 nitrogen and oxygen atoms in total. The van der Waals surface area contributed by atoms with Gasteiger partial charge in [-0.1, -0.05) is 26.8 Å². The summed E-state index contributed by atoms with van der Waals surface area (Å²) in [4.78, 5) is 11.8. The van der Waals surface area contributed by atoms with Gasteiger partial charge in [0.1, 0.15) is 9.96 Å². The maximum atomic E-state index is 12.7. The Balaban J connectivity index is 2.30. The van der Waals surface area contributed by atoms with Crippen molar-refractivity contribution in [2.45, 2.75) is 43.9 Å². The molecule has 0 spiro atoms. The first-order valence-corrected chi connectivity index (χ1v) is 10.4. The summed E-state index contributed by atoms with van der Waals surface area (Å²) in [6, 6.07) is 8.70. The fourth-order valence-electron chi connectivity index (χ4n) is 2.26. The molecule has 8 heteroatoms. The van der Waals surface area contributed by atoms with Crippen molar-refractivity contribution in [3.8, 4) is 5.75 Å². The minimum absolute atomic E-state index is 0.124. The molecule has 1 amide bonds. The van der Waals surface area contributed by atoms with Crippen molar-refractivity contribution in [3.63, 3.8) is 0 Å². The number of amides is 1. The van der Waals surface area contributed by atoms with Gasteiger partial charge in [-0.25, -0.2) is 8.42 Å². The number of carbonyl (C=O) groups is 1. The molecule has 142 valence electrons. The summed E-state index contributed by atoms with van der Waals surface area (Å²) < 4.78 is 33.6. The van der Waals surface area contributed by atoms with Crippen LogP contribution < -0.4 is 14.8 Å². The van der Waals surface area contributed by atoms with Gasteiger partial charge in [0.2, 0.25) is 5.91 Å². The zero-order chi connectivity index (χ0) is 19.5. The van der Waals surface area contributed by atoms with E-state index in [9.17, 15) is 13.2 Å². The first-order valence-electron chi connectivity index (χ1n) is 8.07. The molecule has 0 saturated carbocycles. The number of hydrogen-bond acceptors (Lipinski definition) is 5. The number of sulfonamides is 1. The van der Waals surface area contributed by atoms with Crippen molar-refractivity contribution in [1.82, 2.24) is 5.32 Å². The van der Waals surface area contributed by atoms with E-state index in [4.69, 9.17) is 4.74 Å². The average Bonchev–Trinajstić information content (AvgIpc) is 3.01. The van der Waals surface area contributed by atoms with Gasteiger partial charge in [-0.3, -0.25) is 9.52 Å². The Morgan fingerprint density at radius 3 is 2.46 bits per heavy atom. The van der Waals surface area contributed by atoms with Crippen LogP contribution in [0, 0.1) is 0 Å². The number of ether oxygens (including phenoxy) is 1. The number of rotatable bonds is 6. The van der Waals surface area contributed by atoms with E-state index in [1.54, 1.807) is 18.2 Å². The van der Waals surface area contributed by atoms with Gasteiger partial charge in [-0.15, -0.1) is 11.3 Å². The first kappa shape index (κ1) is 20.3. The molecule has 2 aromatic rings. The molecular formula is C18H24N2O4S2. The third kappa shape index (κ3) is 4.98. The molecule has 0 fully saturated rings. The second kappa shape index (κ2) is 7.67. The van der Waals surface area contributed by atoms with Crippen LogP contribution in [0.1, 0.15) is 38.1 Å². The number of nitrogens with one attached hydrogen (secondary N) is 2. The highest BCUT2D eigenvalue weighted by Crippen LogP contribution is 2.33. The highest BCUT2D eigenvalue weighted by Gasteiger charge is 2.21. The summed E-state index contributed by atoms with van der Waals surface area (Å²) in [5.41, 5.74) is 1.27. The minimum atomic E-state index is -3.75. The summed E-state index contributed by atoms with van der Waals surface area (Å²) in [5, 5.41) is 2.65. The Hall–Kier alpha value is -2.06. The molecular weight excluding hydrogens is 372 g/mol. The zero-order valence-electron chi connectivity index (χ0n) is 15.5. The molecule has 2 rings (SSSR count). The summed E-state index contributed by atoms with van der Waals surface area (Å²) in [5.74, 6) is 0.293. The van der Waals surface area contributed by atoms with Crippen LogP contribution in [0.5, 0.6) is 5.75 Å². The fraction of sp³-hybridized carbons (Fsp3) is 0.389. The highest BCUT2D eigenvalue weighted by atomic mass is 32.2. The van der Waals surface area contributed by atoms with Crippen LogP contribution in [0.15, 0.2) is 34.5 Å². The Bertz CT molecular complexity index is 896. The van der Waals surface area contributed by atoms with Crippen molar-refractivity contribution < 1.29 is 17.9 Å². The molecule has 0 atom stereocenters. The van der Waals surface area contributed by atoms with E-state index in [1.165, 1.54) is 20.1 Å². The van der Waals surface area contributed by atoms with Crippen LogP contribution in [0.25, 0.3) is 0 Å². The van der Waals surface area contributed by atoms with Crippen molar-refractivity contribution in [2.24, 2.45) is 0 Å². The van der Waals surface area contributed by atoms with E-state index < -0.39 is 10.0 Å². The molecule has 0 aliphatic heterocycles. The number of methoxy groups -OCH3 is 1. The van der Waals surface area contributed by atoms with Gasteiger partial charge in [0, 0.05) is 11.8 Å². The van der Waals surface area contributed by atoms with Gasteiger partial charge in [0.05, 0.1) is 19.3 Å². The van der Waals surface area contributed by atoms with Gasteiger partial charge in [0.25, 0.3) is 10.0 Å². The molecule has 0 bridgehead atoms. The lowest BCUT2D eigenvalue weighted by atomic mass is 9.87. The minimum Gasteiger partial charge on any atom is -0.495 e. The second-order valence-electron chi connectivity index (χ2n) is 6.90. The highest BCUT2D eigenvalue weighted by molar-refractivity contribution is 7.94. The van der Waals surface area contributed by atoms with Crippen molar-refractivity contribution in [2.75, 3.05) is 11.8 Å². The Kier molecular flexibility index (Phi) is 5.98. The van der Waals surface area contributed by atoms with E-state index in [2.05, 4.69) is 30.8 Å². The lowest BCUT2D eigenvalue weighted by Crippen LogP contribution is -2.18. The normalized spacial score (nSPS) is 11.9. The van der Waals surface area contributed by atoms with E-state index in [-0.39, 0.29) is 15.5 Å². The van der Waals surface area contributed by atoms with Crippen molar-refractivity contribution >= 4 is 33.0 Å². The number of thiophene rings is 1. The Labute approximate surface area is 158 Å². The largest absolute Gasteiger partial charge is 0.495 e. The molecule has 2 N–H and O–H groups in total. The lowest BCUT2D eigenvalue weighted by Gasteiger charge is -2.21. The number of hydrogen-bond donors (Lipinski definition) is 2. The molecule has 1 aromatic heterocycles. The molecule has 0 saturated heterocycles. The van der Waals surface area contributed by atoms with E-state index >= 15 is 0 Å². The molecule has 0 aliphatic carbocycles. The maximum Gasteiger partial charge on any atom is 0.271 e. The standard InChI is InChI=1S/C18H24N2O4S2/c1-12(21)19-11-14-7-9-17(25-14)26(22,23)20-15-10-13(18(2,3)4)6-8-16(15)24-5/h6-10,20H,11H2,1-5H3,(H,19,21). The summed E-state index contributed by atoms with van der Waals surface area (Å²) in [6.07, 6.45) is 0. The summed E-state index contributed by atoms with van der Waals surface area (Å²) in [6.45, 7) is 7.89. The van der Waals surface area contributed by atoms with Crippen LogP contribution in [-0.4, -0.2) is 21.4 Å². The maximum absolute atomic E-state index is 12.7. The Morgan fingerprint density at radius 1 is 1.19 bits per heavy atom. The van der Waals surface area contributed by atoms with Gasteiger partial charge >= 0.3 is 0 Å². The van der Waals surface area contributed by atoms with Crippen LogP contribution >= 0.6 is 11.3 Å². The summed E-state index contributed by atoms with van der Waals surface area (Å²) in [7, 11) is -2.25. The van der Waals surface area contributed by atoms with E-state index in [0.717, 1.165) is 21.8 Å². The second-order valence-corrected chi connectivity index (χ2v) is 9.98. The third-order valence-corrected chi connectivity index (χ3v) is 6.67. The quantitative estimate of drug-likeness (QED) is 0.783. The monoisotopic (exact) mass is 396 g/mol. The molecule has 1 heterocycles. The number of anilines is 1. The topological polar surface area (TPSA) is 84.5 Å². The zero-order valence-corrected chi connectivity index (χ0v) is 17.2. The van der Waals surface area contributed by atoms with E-state index in [0.29, 0.717) is 18.0 Å². The SMILES string of the molecule is COc1ccc(C(C)(C)C)cc1NS(=O)(=O)c1ccc(CNC(C)=O)s1. The van der Waals surface area contributed by atoms with Gasteiger partial charge in [-0.05, 0) is 35.2 Å². The summed E-state index contributed by atoms with van der Waals surface area (Å²) >= 11 is 1.12. The fourth-order valence-corrected chi connectivity index (χ4v) is 4.62. The average molecular weight is 397 g/mol. The third-order valence-electron chi connectivity index (χ3n) is 3.72. The van der Waals surface area contributed by atoms with Crippen LogP contribution in [0.2, 0.25) is 0 Å². The van der Waals surface area contributed by atoms with Gasteiger partial charge in [-0.2, -0.15) is 0 Å². The first-order chi connectivity index (χ1) is 12.0. The number of carbonyl (C=O) groups excluding carboxylic acids is 1. The molecule has 0 radical (unpaired) electrons. The van der Waals surface area contributed by atoms with Crippen LogP contribution in [0.3, 0.4) is 0 Å². The van der Waals surface area contributed by atoms with E-state index in [1.807, 2.05) is 6.07 Å². The van der Waals surface area contributed by atoms with Crippen LogP contribution in [0.4, 0.5) is 5.69 Å². The van der Waals surface area contributed by atoms with Crippen molar-refractivity contribution in [1.29, 1.82) is 0 Å². The van der Waals surface area contributed by atoms with Gasteiger partial charge in [0.15, 0.2) is 0 Å². The molecule has 26 heavy (non-hydrogen) atoms. The van der Waals surface area contributed by atoms with Gasteiger partial charge < -0.3 is 10.1 Å². The molecule has 1 aromatic carbocycles. The van der Waals surface area contributed by atoms with Crippen LogP contribution in [-0.2, 0) is 26.8 Å². The lowest BCUT2D eigenvalue weighted by molar-refractivity contribution is -0.119. The molecule has 0 unspecified atom stereocenters. The van der Waals surface area contributed by atoms with Crippen molar-refractivity contribution in [3.05, 3.63) is 40.8 Å².